The van der Waals surface area contributed by atoms with Gasteiger partial charge in [-0.3, -0.25) is 9.59 Å². The minimum atomic E-state index is -0.389. The number of nitrogens with one attached hydrogen (secondary N) is 1. The van der Waals surface area contributed by atoms with Crippen LogP contribution in [0.1, 0.15) is 15.9 Å². The number of nitrogens with zero attached hydrogens (tertiary/aromatic N) is 2. The number of carbonyl (C=O) groups excluding carboxylic acids is 2. The quantitative estimate of drug-likeness (QED) is 0.862. The minimum absolute atomic E-state index is 0.0360. The molecule has 0 aliphatic carbocycles. The van der Waals surface area contributed by atoms with Gasteiger partial charge in [-0.25, -0.2) is 0 Å². The second-order valence-electron chi connectivity index (χ2n) is 7.64. The molecule has 2 aliphatic heterocycles. The SMILES string of the molecule is O=C(c1ccccc1)N1CCN(C(=O)C2(Cc3ccc(Cl)cc3)CNC2)CC1. The standard InChI is InChI=1S/C22H24ClN3O2/c23-19-8-6-17(7-9-19)14-22(15-24-16-22)21(28)26-12-10-25(11-13-26)20(27)18-4-2-1-3-5-18/h1-9,24H,10-16H2. The molecule has 4 rings (SSSR count). The maximum Gasteiger partial charge on any atom is 0.253 e. The Balaban J connectivity index is 1.39. The summed E-state index contributed by atoms with van der Waals surface area (Å²) in [5.41, 5.74) is 1.43. The highest BCUT2D eigenvalue weighted by atomic mass is 35.5. The topological polar surface area (TPSA) is 52.7 Å². The molecule has 0 aromatic heterocycles. The molecule has 5 nitrogen and oxygen atoms in total. The maximum atomic E-state index is 13.3. The van der Waals surface area contributed by atoms with Crippen molar-refractivity contribution in [2.45, 2.75) is 6.42 Å². The fourth-order valence-electron chi connectivity index (χ4n) is 3.98. The van der Waals surface area contributed by atoms with Crippen molar-refractivity contribution in [3.8, 4) is 0 Å². The van der Waals surface area contributed by atoms with Crippen molar-refractivity contribution in [1.29, 1.82) is 0 Å². The van der Waals surface area contributed by atoms with Crippen molar-refractivity contribution >= 4 is 23.4 Å². The first-order valence-corrected chi connectivity index (χ1v) is 10.0. The number of carbonyl (C=O) groups is 2. The van der Waals surface area contributed by atoms with Crippen molar-refractivity contribution in [3.05, 3.63) is 70.7 Å². The molecule has 0 saturated carbocycles. The van der Waals surface area contributed by atoms with E-state index in [-0.39, 0.29) is 17.2 Å². The Morgan fingerprint density at radius 2 is 1.50 bits per heavy atom. The molecule has 146 valence electrons. The summed E-state index contributed by atoms with van der Waals surface area (Å²) >= 11 is 5.98. The van der Waals surface area contributed by atoms with Gasteiger partial charge in [0.1, 0.15) is 0 Å². The van der Waals surface area contributed by atoms with E-state index in [1.54, 1.807) is 0 Å². The lowest BCUT2D eigenvalue weighted by atomic mass is 9.75. The highest BCUT2D eigenvalue weighted by Gasteiger charge is 2.46. The van der Waals surface area contributed by atoms with E-state index in [1.807, 2.05) is 64.4 Å². The average molecular weight is 398 g/mol. The first kappa shape index (κ1) is 19.0. The zero-order valence-corrected chi connectivity index (χ0v) is 16.5. The van der Waals surface area contributed by atoms with E-state index in [9.17, 15) is 9.59 Å². The lowest BCUT2D eigenvalue weighted by Crippen LogP contribution is -2.65. The van der Waals surface area contributed by atoms with E-state index < -0.39 is 0 Å². The van der Waals surface area contributed by atoms with Gasteiger partial charge in [0.2, 0.25) is 5.91 Å². The van der Waals surface area contributed by atoms with Crippen LogP contribution in [0.25, 0.3) is 0 Å². The number of benzene rings is 2. The molecule has 0 spiro atoms. The summed E-state index contributed by atoms with van der Waals surface area (Å²) in [6.07, 6.45) is 0.708. The molecule has 2 aromatic carbocycles. The van der Waals surface area contributed by atoms with Crippen LogP contribution in [0.2, 0.25) is 5.02 Å². The predicted octanol–water partition coefficient (Wildman–Crippen LogP) is 2.46. The molecule has 1 N–H and O–H groups in total. The fourth-order valence-corrected chi connectivity index (χ4v) is 4.11. The smallest absolute Gasteiger partial charge is 0.253 e. The highest BCUT2D eigenvalue weighted by molar-refractivity contribution is 6.30. The van der Waals surface area contributed by atoms with Gasteiger partial charge in [-0.15, -0.1) is 0 Å². The summed E-state index contributed by atoms with van der Waals surface area (Å²) in [6, 6.07) is 17.0. The van der Waals surface area contributed by atoms with E-state index in [1.165, 1.54) is 0 Å². The normalized spacial score (nSPS) is 18.5. The summed E-state index contributed by atoms with van der Waals surface area (Å²) in [5.74, 6) is 0.224. The van der Waals surface area contributed by atoms with Gasteiger partial charge in [0, 0.05) is 49.9 Å². The van der Waals surface area contributed by atoms with E-state index >= 15 is 0 Å². The predicted molar refractivity (Wildman–Crippen MR) is 109 cm³/mol. The molecule has 0 radical (unpaired) electrons. The van der Waals surface area contributed by atoms with Crippen LogP contribution in [0.3, 0.4) is 0 Å². The largest absolute Gasteiger partial charge is 0.339 e. The Morgan fingerprint density at radius 3 is 2.07 bits per heavy atom. The molecule has 6 heteroatoms. The van der Waals surface area contributed by atoms with Gasteiger partial charge >= 0.3 is 0 Å². The number of amides is 2. The van der Waals surface area contributed by atoms with E-state index in [0.29, 0.717) is 56.3 Å². The molecular weight excluding hydrogens is 374 g/mol. The summed E-state index contributed by atoms with van der Waals surface area (Å²) in [5, 5.41) is 3.97. The summed E-state index contributed by atoms with van der Waals surface area (Å²) in [7, 11) is 0. The lowest BCUT2D eigenvalue weighted by Gasteiger charge is -2.46. The molecule has 0 unspecified atom stereocenters. The Bertz CT molecular complexity index is 842. The van der Waals surface area contributed by atoms with Gasteiger partial charge in [-0.05, 0) is 36.2 Å². The molecule has 2 aliphatic rings. The molecule has 0 bridgehead atoms. The number of hydrogen-bond acceptors (Lipinski definition) is 3. The van der Waals surface area contributed by atoms with Crippen LogP contribution >= 0.6 is 11.6 Å². The van der Waals surface area contributed by atoms with Crippen molar-refractivity contribution in [2.75, 3.05) is 39.3 Å². The number of hydrogen-bond donors (Lipinski definition) is 1. The Labute approximate surface area is 170 Å². The Kier molecular flexibility index (Phi) is 5.38. The Morgan fingerprint density at radius 1 is 0.893 bits per heavy atom. The van der Waals surface area contributed by atoms with Gasteiger partial charge in [-0.2, -0.15) is 0 Å². The first-order chi connectivity index (χ1) is 13.6. The van der Waals surface area contributed by atoms with E-state index in [4.69, 9.17) is 11.6 Å². The molecular formula is C22H24ClN3O2. The fraction of sp³-hybridized carbons (Fsp3) is 0.364. The molecule has 2 saturated heterocycles. The number of halogens is 1. The second-order valence-corrected chi connectivity index (χ2v) is 8.07. The summed E-state index contributed by atoms with van der Waals surface area (Å²) < 4.78 is 0. The zero-order valence-electron chi connectivity index (χ0n) is 15.7. The van der Waals surface area contributed by atoms with Gasteiger partial charge in [0.05, 0.1) is 5.41 Å². The monoisotopic (exact) mass is 397 g/mol. The van der Waals surface area contributed by atoms with Crippen molar-refractivity contribution in [2.24, 2.45) is 5.41 Å². The van der Waals surface area contributed by atoms with Crippen molar-refractivity contribution in [1.82, 2.24) is 15.1 Å². The highest BCUT2D eigenvalue weighted by Crippen LogP contribution is 2.31. The maximum absolute atomic E-state index is 13.3. The molecule has 28 heavy (non-hydrogen) atoms. The van der Waals surface area contributed by atoms with Crippen molar-refractivity contribution in [3.63, 3.8) is 0 Å². The third kappa shape index (κ3) is 3.77. The van der Waals surface area contributed by atoms with Gasteiger partial charge < -0.3 is 15.1 Å². The molecule has 2 fully saturated rings. The molecule has 2 aromatic rings. The average Bonchev–Trinajstić information content (AvgIpc) is 2.72. The summed E-state index contributed by atoms with van der Waals surface area (Å²) in [4.78, 5) is 29.6. The molecule has 2 amide bonds. The van der Waals surface area contributed by atoms with Crippen LogP contribution in [0, 0.1) is 5.41 Å². The third-order valence-electron chi connectivity index (χ3n) is 5.71. The number of piperazine rings is 1. The third-order valence-corrected chi connectivity index (χ3v) is 5.96. The van der Waals surface area contributed by atoms with Crippen LogP contribution in [0.5, 0.6) is 0 Å². The van der Waals surface area contributed by atoms with E-state index in [0.717, 1.165) is 5.56 Å². The second kappa shape index (κ2) is 7.94. The van der Waals surface area contributed by atoms with Crippen LogP contribution < -0.4 is 5.32 Å². The first-order valence-electron chi connectivity index (χ1n) is 9.66. The summed E-state index contributed by atoms with van der Waals surface area (Å²) in [6.45, 7) is 3.70. The minimum Gasteiger partial charge on any atom is -0.339 e. The Hall–Kier alpha value is -2.37. The van der Waals surface area contributed by atoms with Crippen LogP contribution in [0.4, 0.5) is 0 Å². The number of rotatable bonds is 4. The zero-order chi connectivity index (χ0) is 19.6. The molecule has 2 heterocycles. The van der Waals surface area contributed by atoms with Crippen molar-refractivity contribution < 1.29 is 9.59 Å². The van der Waals surface area contributed by atoms with Crippen LogP contribution in [0.15, 0.2) is 54.6 Å². The van der Waals surface area contributed by atoms with Gasteiger partial charge in [-0.1, -0.05) is 41.9 Å². The van der Waals surface area contributed by atoms with Gasteiger partial charge in [0.25, 0.3) is 5.91 Å². The van der Waals surface area contributed by atoms with E-state index in [2.05, 4.69) is 5.32 Å². The lowest BCUT2D eigenvalue weighted by molar-refractivity contribution is -0.146. The van der Waals surface area contributed by atoms with Crippen LogP contribution in [-0.4, -0.2) is 60.9 Å². The van der Waals surface area contributed by atoms with Gasteiger partial charge in [0.15, 0.2) is 0 Å². The van der Waals surface area contributed by atoms with Crippen LogP contribution in [-0.2, 0) is 11.2 Å². The molecule has 0 atom stereocenters.